The van der Waals surface area contributed by atoms with Gasteiger partial charge in [0.25, 0.3) is 5.91 Å². The van der Waals surface area contributed by atoms with Crippen molar-refractivity contribution in [1.82, 2.24) is 5.48 Å². The van der Waals surface area contributed by atoms with Gasteiger partial charge in [0, 0.05) is 17.7 Å². The zero-order chi connectivity index (χ0) is 17.1. The molecule has 3 rings (SSSR count). The first-order valence-electron chi connectivity index (χ1n) is 7.74. The van der Waals surface area contributed by atoms with E-state index < -0.39 is 5.91 Å². The van der Waals surface area contributed by atoms with Crippen LogP contribution in [0.5, 0.6) is 11.5 Å². The number of carbonyl (C=O) groups is 1. The monoisotopic (exact) mass is 362 g/mol. The molecule has 1 heterocycles. The van der Waals surface area contributed by atoms with Gasteiger partial charge >= 0.3 is 0 Å². The highest BCUT2D eigenvalue weighted by molar-refractivity contribution is 7.59. The molecule has 1 aliphatic rings. The Labute approximate surface area is 153 Å². The van der Waals surface area contributed by atoms with Crippen LogP contribution in [-0.2, 0) is 6.54 Å². The molecule has 2 aromatic carbocycles. The summed E-state index contributed by atoms with van der Waals surface area (Å²) in [7, 11) is 1.66. The number of ether oxygens (including phenoxy) is 2. The van der Waals surface area contributed by atoms with E-state index in [1.165, 1.54) is 0 Å². The third kappa shape index (κ3) is 3.83. The summed E-state index contributed by atoms with van der Waals surface area (Å²) in [4.78, 5) is 13.8. The minimum atomic E-state index is -0.555. The van der Waals surface area contributed by atoms with E-state index in [2.05, 4.69) is 11.8 Å². The van der Waals surface area contributed by atoms with Crippen LogP contribution in [0.15, 0.2) is 42.5 Å². The number of hydroxylamine groups is 1. The van der Waals surface area contributed by atoms with E-state index in [0.29, 0.717) is 24.5 Å². The molecule has 2 aromatic rings. The Bertz CT molecular complexity index is 754. The Morgan fingerprint density at radius 1 is 1.32 bits per heavy atom. The molecule has 6 nitrogen and oxygen atoms in total. The van der Waals surface area contributed by atoms with Gasteiger partial charge in [-0.25, -0.2) is 5.48 Å². The number of rotatable bonds is 3. The maximum atomic E-state index is 11.6. The number of benzene rings is 2. The van der Waals surface area contributed by atoms with Crippen LogP contribution in [0.2, 0.25) is 0 Å². The van der Waals surface area contributed by atoms with Gasteiger partial charge in [-0.2, -0.15) is 13.5 Å². The summed E-state index contributed by atoms with van der Waals surface area (Å²) in [6.07, 6.45) is 0. The van der Waals surface area contributed by atoms with E-state index in [9.17, 15) is 4.79 Å². The molecule has 0 aromatic heterocycles. The largest absolute Gasteiger partial charge is 0.495 e. The number of amides is 1. The summed E-state index contributed by atoms with van der Waals surface area (Å²) in [5.74, 6) is 0.907. The van der Waals surface area contributed by atoms with Gasteiger partial charge in [-0.15, -0.1) is 0 Å². The summed E-state index contributed by atoms with van der Waals surface area (Å²) >= 11 is 0. The molecule has 134 valence electrons. The molecule has 0 radical (unpaired) electrons. The number of anilines is 1. The number of carbonyl (C=O) groups excluding carboxylic acids is 1. The Balaban J connectivity index is 0.00000225. The van der Waals surface area contributed by atoms with Crippen molar-refractivity contribution in [2.75, 3.05) is 18.6 Å². The first kappa shape index (κ1) is 19.0. The molecule has 0 saturated carbocycles. The topological polar surface area (TPSA) is 71.0 Å². The van der Waals surface area contributed by atoms with E-state index in [1.807, 2.05) is 30.3 Å². The predicted molar refractivity (Wildman–Crippen MR) is 100 cm³/mol. The molecular weight excluding hydrogens is 340 g/mol. The smallest absolute Gasteiger partial charge is 0.274 e. The molecular formula is C18H22N2O4S. The van der Waals surface area contributed by atoms with Gasteiger partial charge in [-0.1, -0.05) is 18.2 Å². The highest BCUT2D eigenvalue weighted by atomic mass is 32.1. The lowest BCUT2D eigenvalue weighted by molar-refractivity contribution is 0.0706. The molecule has 2 N–H and O–H groups in total. The summed E-state index contributed by atoms with van der Waals surface area (Å²) < 4.78 is 11.4. The summed E-state index contributed by atoms with van der Waals surface area (Å²) in [6.45, 7) is 3.20. The minimum absolute atomic E-state index is 0. The highest BCUT2D eigenvalue weighted by Crippen LogP contribution is 2.34. The number of nitrogens with zero attached hydrogens (tertiary/aromatic N) is 1. The van der Waals surface area contributed by atoms with Gasteiger partial charge in [0.05, 0.1) is 18.8 Å². The Morgan fingerprint density at radius 3 is 2.80 bits per heavy atom. The number of methoxy groups -OCH3 is 1. The minimum Gasteiger partial charge on any atom is -0.495 e. The zero-order valence-corrected chi connectivity index (χ0v) is 15.2. The van der Waals surface area contributed by atoms with Gasteiger partial charge in [0.1, 0.15) is 18.1 Å². The van der Waals surface area contributed by atoms with Gasteiger partial charge < -0.3 is 14.4 Å². The van der Waals surface area contributed by atoms with E-state index in [-0.39, 0.29) is 19.5 Å². The van der Waals surface area contributed by atoms with Crippen molar-refractivity contribution in [2.45, 2.75) is 19.5 Å². The van der Waals surface area contributed by atoms with E-state index in [1.54, 1.807) is 24.7 Å². The van der Waals surface area contributed by atoms with Crippen molar-refractivity contribution in [2.24, 2.45) is 0 Å². The van der Waals surface area contributed by atoms with Crippen LogP contribution in [0.4, 0.5) is 5.69 Å². The van der Waals surface area contributed by atoms with Gasteiger partial charge in [-0.3, -0.25) is 10.0 Å². The quantitative estimate of drug-likeness (QED) is 0.649. The van der Waals surface area contributed by atoms with Crippen molar-refractivity contribution >= 4 is 25.1 Å². The van der Waals surface area contributed by atoms with Crippen molar-refractivity contribution in [3.63, 3.8) is 0 Å². The fourth-order valence-electron chi connectivity index (χ4n) is 2.85. The average Bonchev–Trinajstić information content (AvgIpc) is 2.79. The average molecular weight is 362 g/mol. The van der Waals surface area contributed by atoms with E-state index in [0.717, 1.165) is 17.0 Å². The second-order valence-corrected chi connectivity index (χ2v) is 5.72. The second kappa shape index (κ2) is 8.13. The number of para-hydroxylation sites is 2. The van der Waals surface area contributed by atoms with Crippen LogP contribution in [0, 0.1) is 0 Å². The lowest BCUT2D eigenvalue weighted by Gasteiger charge is -2.29. The van der Waals surface area contributed by atoms with Crippen LogP contribution in [0.3, 0.4) is 0 Å². The van der Waals surface area contributed by atoms with Gasteiger partial charge in [0.15, 0.2) is 0 Å². The number of nitrogens with one attached hydrogen (secondary N) is 1. The van der Waals surface area contributed by atoms with Gasteiger partial charge in [0.2, 0.25) is 0 Å². The van der Waals surface area contributed by atoms with Crippen LogP contribution in [0.1, 0.15) is 22.8 Å². The molecule has 25 heavy (non-hydrogen) atoms. The molecule has 1 aliphatic heterocycles. The van der Waals surface area contributed by atoms with Crippen LogP contribution < -0.4 is 19.9 Å². The second-order valence-electron chi connectivity index (χ2n) is 5.72. The van der Waals surface area contributed by atoms with Crippen molar-refractivity contribution in [1.29, 1.82) is 0 Å². The first-order chi connectivity index (χ1) is 11.6. The van der Waals surface area contributed by atoms with E-state index in [4.69, 9.17) is 14.7 Å². The van der Waals surface area contributed by atoms with Crippen LogP contribution in [-0.4, -0.2) is 30.9 Å². The molecule has 0 bridgehead atoms. The third-order valence-electron chi connectivity index (χ3n) is 4.18. The molecule has 1 atom stereocenters. The third-order valence-corrected chi connectivity index (χ3v) is 4.18. The molecule has 0 unspecified atom stereocenters. The van der Waals surface area contributed by atoms with Crippen LogP contribution >= 0.6 is 13.5 Å². The van der Waals surface area contributed by atoms with Crippen LogP contribution in [0.25, 0.3) is 0 Å². The maximum Gasteiger partial charge on any atom is 0.274 e. The van der Waals surface area contributed by atoms with Crippen molar-refractivity contribution < 1.29 is 19.5 Å². The lowest BCUT2D eigenvalue weighted by atomic mass is 10.1. The Kier molecular flexibility index (Phi) is 6.17. The SMILES string of the molecule is COc1ccccc1N1Cc2ccc(C(=O)NO)cc2OC[C@@H]1C.S. The standard InChI is InChI=1S/C18H20N2O4.H2S/c1-12-11-24-17-9-13(18(21)19-22)7-8-14(17)10-20(12)15-5-3-4-6-16(15)23-2;/h3-9,12,22H,10-11H2,1-2H3,(H,19,21);1H2/t12-;/m0./s1. The summed E-state index contributed by atoms with van der Waals surface area (Å²) in [5, 5.41) is 8.78. The molecule has 0 fully saturated rings. The zero-order valence-electron chi connectivity index (χ0n) is 14.2. The fourth-order valence-corrected chi connectivity index (χ4v) is 2.85. The molecule has 7 heteroatoms. The van der Waals surface area contributed by atoms with Crippen molar-refractivity contribution in [3.05, 3.63) is 53.6 Å². The van der Waals surface area contributed by atoms with Gasteiger partial charge in [-0.05, 0) is 31.2 Å². The number of hydrogen-bond donors (Lipinski definition) is 2. The number of fused-ring (bicyclic) bond motifs is 1. The first-order valence-corrected chi connectivity index (χ1v) is 7.74. The molecule has 1 amide bonds. The highest BCUT2D eigenvalue weighted by Gasteiger charge is 2.24. The molecule has 0 saturated heterocycles. The Morgan fingerprint density at radius 2 is 2.08 bits per heavy atom. The normalized spacial score (nSPS) is 16.0. The maximum absolute atomic E-state index is 11.6. The Hall–Kier alpha value is -2.38. The lowest BCUT2D eigenvalue weighted by Crippen LogP contribution is -2.35. The predicted octanol–water partition coefficient (Wildman–Crippen LogP) is 2.71. The van der Waals surface area contributed by atoms with E-state index >= 15 is 0 Å². The summed E-state index contributed by atoms with van der Waals surface area (Å²) in [6, 6.07) is 13.2. The fraction of sp³-hybridized carbons (Fsp3) is 0.278. The number of hydrogen-bond acceptors (Lipinski definition) is 5. The molecule has 0 aliphatic carbocycles. The summed E-state index contributed by atoms with van der Waals surface area (Å²) in [5.41, 5.74) is 3.97. The van der Waals surface area contributed by atoms with Crippen molar-refractivity contribution in [3.8, 4) is 11.5 Å². The molecule has 0 spiro atoms.